The van der Waals surface area contributed by atoms with Gasteiger partial charge in [0.25, 0.3) is 0 Å². The van der Waals surface area contributed by atoms with Gasteiger partial charge in [0.2, 0.25) is 11.8 Å². The number of carbonyl (C=O) groups is 2. The van der Waals surface area contributed by atoms with Gasteiger partial charge < -0.3 is 5.32 Å². The third-order valence-corrected chi connectivity index (χ3v) is 3.94. The van der Waals surface area contributed by atoms with Gasteiger partial charge in [-0.1, -0.05) is 13.2 Å². The first-order valence-corrected chi connectivity index (χ1v) is 7.00. The van der Waals surface area contributed by atoms with Crippen molar-refractivity contribution in [2.75, 3.05) is 5.32 Å². The van der Waals surface area contributed by atoms with Crippen LogP contribution in [0.5, 0.6) is 0 Å². The highest BCUT2D eigenvalue weighted by atomic mass is 32.2. The normalized spacial score (nSPS) is 14.6. The molecule has 1 aromatic rings. The van der Waals surface area contributed by atoms with E-state index in [1.165, 1.54) is 16.3 Å². The minimum absolute atomic E-state index is 0.127. The van der Waals surface area contributed by atoms with Crippen molar-refractivity contribution in [1.82, 2.24) is 4.31 Å². The highest BCUT2D eigenvalue weighted by Crippen LogP contribution is 2.29. The Morgan fingerprint density at radius 2 is 1.70 bits per heavy atom. The van der Waals surface area contributed by atoms with Crippen LogP contribution < -0.4 is 5.32 Å². The van der Waals surface area contributed by atoms with Crippen LogP contribution in [0.1, 0.15) is 19.8 Å². The summed E-state index contributed by atoms with van der Waals surface area (Å²) >= 11 is 1.17. The predicted molar refractivity (Wildman–Crippen MR) is 81.0 cm³/mol. The zero-order valence-electron chi connectivity index (χ0n) is 11.3. The van der Waals surface area contributed by atoms with Gasteiger partial charge in [-0.2, -0.15) is 0 Å². The molecule has 104 valence electrons. The average Bonchev–Trinajstić information content (AvgIpc) is 2.72. The van der Waals surface area contributed by atoms with E-state index < -0.39 is 0 Å². The third-order valence-electron chi connectivity index (χ3n) is 2.87. The first kappa shape index (κ1) is 14.4. The molecule has 1 saturated heterocycles. The van der Waals surface area contributed by atoms with E-state index in [0.717, 1.165) is 21.9 Å². The molecule has 0 radical (unpaired) electrons. The van der Waals surface area contributed by atoms with E-state index in [1.807, 2.05) is 31.2 Å². The second-order valence-electron chi connectivity index (χ2n) is 4.58. The van der Waals surface area contributed by atoms with Crippen LogP contribution in [-0.2, 0) is 9.59 Å². The molecule has 0 spiro atoms. The molecule has 1 aliphatic rings. The number of nitrogens with one attached hydrogen (secondary N) is 1. The van der Waals surface area contributed by atoms with Crippen molar-refractivity contribution in [3.8, 4) is 0 Å². The number of imide groups is 1. The smallest absolute Gasteiger partial charge is 0.240 e. The van der Waals surface area contributed by atoms with Crippen LogP contribution in [0, 0.1) is 0 Å². The Morgan fingerprint density at radius 3 is 2.20 bits per heavy atom. The SMILES string of the molecule is C=C(C)C(=C)Nc1ccc(SN2C(=O)CCC2=O)cc1. The number of carbonyl (C=O) groups excluding carboxylic acids is 2. The van der Waals surface area contributed by atoms with Crippen LogP contribution in [0.4, 0.5) is 5.69 Å². The third kappa shape index (κ3) is 3.30. The summed E-state index contributed by atoms with van der Waals surface area (Å²) in [6.07, 6.45) is 0.619. The fraction of sp³-hybridized carbons (Fsp3) is 0.200. The van der Waals surface area contributed by atoms with Crippen LogP contribution in [-0.4, -0.2) is 16.1 Å². The van der Waals surface area contributed by atoms with E-state index in [0.29, 0.717) is 12.8 Å². The first-order valence-electron chi connectivity index (χ1n) is 6.23. The number of nitrogens with zero attached hydrogens (tertiary/aromatic N) is 1. The highest BCUT2D eigenvalue weighted by molar-refractivity contribution is 7.98. The van der Waals surface area contributed by atoms with Gasteiger partial charge in [0.05, 0.1) is 0 Å². The number of rotatable bonds is 5. The molecule has 1 aromatic carbocycles. The summed E-state index contributed by atoms with van der Waals surface area (Å²) in [4.78, 5) is 23.9. The molecule has 0 bridgehead atoms. The minimum Gasteiger partial charge on any atom is -0.356 e. The molecule has 0 saturated carbocycles. The van der Waals surface area contributed by atoms with Gasteiger partial charge in [-0.25, -0.2) is 4.31 Å². The topological polar surface area (TPSA) is 49.4 Å². The summed E-state index contributed by atoms with van der Waals surface area (Å²) in [5.74, 6) is -0.254. The van der Waals surface area contributed by atoms with Crippen LogP contribution in [0.2, 0.25) is 0 Å². The minimum atomic E-state index is -0.127. The van der Waals surface area contributed by atoms with Crippen molar-refractivity contribution in [3.63, 3.8) is 0 Å². The fourth-order valence-electron chi connectivity index (χ4n) is 1.64. The van der Waals surface area contributed by atoms with Crippen LogP contribution in [0.25, 0.3) is 0 Å². The second kappa shape index (κ2) is 5.96. The summed E-state index contributed by atoms with van der Waals surface area (Å²) in [6, 6.07) is 7.47. The van der Waals surface area contributed by atoms with Crippen LogP contribution in [0.15, 0.2) is 53.6 Å². The van der Waals surface area contributed by atoms with E-state index >= 15 is 0 Å². The Kier molecular flexibility index (Phi) is 4.29. The largest absolute Gasteiger partial charge is 0.356 e. The Labute approximate surface area is 122 Å². The molecule has 1 fully saturated rings. The number of allylic oxidation sites excluding steroid dienone is 1. The first-order chi connectivity index (χ1) is 9.47. The molecule has 5 heteroatoms. The summed E-state index contributed by atoms with van der Waals surface area (Å²) < 4.78 is 1.23. The molecular formula is C15H16N2O2S. The van der Waals surface area contributed by atoms with Crippen molar-refractivity contribution >= 4 is 29.4 Å². The summed E-state index contributed by atoms with van der Waals surface area (Å²) in [6.45, 7) is 9.55. The van der Waals surface area contributed by atoms with E-state index in [2.05, 4.69) is 18.5 Å². The Balaban J connectivity index is 2.01. The number of anilines is 1. The van der Waals surface area contributed by atoms with Crippen molar-refractivity contribution < 1.29 is 9.59 Å². The van der Waals surface area contributed by atoms with Gasteiger partial charge in [-0.05, 0) is 48.7 Å². The lowest BCUT2D eigenvalue weighted by atomic mass is 10.2. The number of amides is 2. The Hall–Kier alpha value is -2.01. The molecule has 0 unspecified atom stereocenters. The zero-order chi connectivity index (χ0) is 14.7. The molecule has 2 amide bonds. The summed E-state index contributed by atoms with van der Waals surface area (Å²) in [5, 5.41) is 3.13. The van der Waals surface area contributed by atoms with Gasteiger partial charge in [-0.15, -0.1) is 0 Å². The maximum absolute atomic E-state index is 11.5. The van der Waals surface area contributed by atoms with Gasteiger partial charge in [0.1, 0.15) is 0 Å². The molecule has 0 aromatic heterocycles. The number of hydrogen-bond acceptors (Lipinski definition) is 4. The fourth-order valence-corrected chi connectivity index (χ4v) is 2.50. The molecule has 0 aliphatic carbocycles. The van der Waals surface area contributed by atoms with Crippen molar-refractivity contribution in [3.05, 3.63) is 48.7 Å². The Bertz CT molecular complexity index is 562. The van der Waals surface area contributed by atoms with E-state index in [4.69, 9.17) is 0 Å². The molecule has 1 heterocycles. The zero-order valence-corrected chi connectivity index (χ0v) is 12.1. The standard InChI is InChI=1S/C15H16N2O2S/c1-10(2)11(3)16-12-4-6-13(7-5-12)20-17-14(18)8-9-15(17)19/h4-7,16H,1,3,8-9H2,2H3. The van der Waals surface area contributed by atoms with Crippen LogP contribution >= 0.6 is 11.9 Å². The predicted octanol–water partition coefficient (Wildman–Crippen LogP) is 3.34. The molecule has 1 aliphatic heterocycles. The lowest BCUT2D eigenvalue weighted by Gasteiger charge is -2.13. The monoisotopic (exact) mass is 288 g/mol. The lowest BCUT2D eigenvalue weighted by Crippen LogP contribution is -2.20. The van der Waals surface area contributed by atoms with E-state index in [-0.39, 0.29) is 11.8 Å². The van der Waals surface area contributed by atoms with Gasteiger partial charge in [0, 0.05) is 29.1 Å². The average molecular weight is 288 g/mol. The molecule has 1 N–H and O–H groups in total. The second-order valence-corrected chi connectivity index (χ2v) is 5.60. The molecule has 0 atom stereocenters. The van der Waals surface area contributed by atoms with Gasteiger partial charge >= 0.3 is 0 Å². The van der Waals surface area contributed by atoms with Gasteiger partial charge in [0.15, 0.2) is 0 Å². The maximum Gasteiger partial charge on any atom is 0.240 e. The number of benzene rings is 1. The number of hydrogen-bond donors (Lipinski definition) is 1. The molecular weight excluding hydrogens is 272 g/mol. The summed E-state index contributed by atoms with van der Waals surface area (Å²) in [5.41, 5.74) is 2.52. The van der Waals surface area contributed by atoms with E-state index in [1.54, 1.807) is 0 Å². The van der Waals surface area contributed by atoms with Crippen LogP contribution in [0.3, 0.4) is 0 Å². The quantitative estimate of drug-likeness (QED) is 0.513. The molecule has 2 rings (SSSR count). The van der Waals surface area contributed by atoms with Crippen molar-refractivity contribution in [2.45, 2.75) is 24.7 Å². The van der Waals surface area contributed by atoms with Crippen molar-refractivity contribution in [2.24, 2.45) is 0 Å². The summed E-state index contributed by atoms with van der Waals surface area (Å²) in [7, 11) is 0. The lowest BCUT2D eigenvalue weighted by molar-refractivity contribution is -0.131. The highest BCUT2D eigenvalue weighted by Gasteiger charge is 2.29. The molecule has 4 nitrogen and oxygen atoms in total. The maximum atomic E-state index is 11.5. The molecule has 20 heavy (non-hydrogen) atoms. The van der Waals surface area contributed by atoms with Crippen molar-refractivity contribution in [1.29, 1.82) is 0 Å². The van der Waals surface area contributed by atoms with Gasteiger partial charge in [-0.3, -0.25) is 9.59 Å². The Morgan fingerprint density at radius 1 is 1.15 bits per heavy atom. The van der Waals surface area contributed by atoms with E-state index in [9.17, 15) is 9.59 Å².